The van der Waals surface area contributed by atoms with Gasteiger partial charge >= 0.3 is 0 Å². The molecule has 0 atom stereocenters. The van der Waals surface area contributed by atoms with Crippen LogP contribution in [-0.2, 0) is 19.6 Å². The fraction of sp³-hybridized carbons (Fsp3) is 0.417. The van der Waals surface area contributed by atoms with Crippen LogP contribution < -0.4 is 5.48 Å². The molecule has 106 valence electrons. The van der Waals surface area contributed by atoms with E-state index in [4.69, 9.17) is 5.21 Å². The minimum absolute atomic E-state index is 0.244. The van der Waals surface area contributed by atoms with E-state index in [1.807, 2.05) is 11.5 Å². The smallest absolute Gasteiger partial charge is 0.294 e. The van der Waals surface area contributed by atoms with Gasteiger partial charge in [0.15, 0.2) is 0 Å². The Bertz CT molecular complexity index is 636. The molecule has 7 nitrogen and oxygen atoms in total. The lowest BCUT2D eigenvalue weighted by Crippen LogP contribution is -2.33. The predicted molar refractivity (Wildman–Crippen MR) is 72.4 cm³/mol. The lowest BCUT2D eigenvalue weighted by atomic mass is 10.3. The first-order valence-corrected chi connectivity index (χ1v) is 7.17. The summed E-state index contributed by atoms with van der Waals surface area (Å²) in [7, 11) is 0. The first kappa shape index (κ1) is 13.2. The summed E-state index contributed by atoms with van der Waals surface area (Å²) in [5.74, 6) is 0.260. The van der Waals surface area contributed by atoms with E-state index in [9.17, 15) is 4.79 Å². The zero-order chi connectivity index (χ0) is 14.1. The Balaban J connectivity index is 1.71. The summed E-state index contributed by atoms with van der Waals surface area (Å²) >= 11 is 1.65. The number of hydrogen-bond acceptors (Lipinski definition) is 6. The van der Waals surface area contributed by atoms with Crippen molar-refractivity contribution in [2.75, 3.05) is 6.54 Å². The van der Waals surface area contributed by atoms with Gasteiger partial charge in [0.05, 0.1) is 17.2 Å². The number of thiazole rings is 1. The van der Waals surface area contributed by atoms with Gasteiger partial charge in [-0.3, -0.25) is 14.9 Å². The summed E-state index contributed by atoms with van der Waals surface area (Å²) < 4.78 is 1.95. The van der Waals surface area contributed by atoms with Crippen LogP contribution in [0.3, 0.4) is 0 Å². The average Bonchev–Trinajstić information content (AvgIpc) is 3.03. The van der Waals surface area contributed by atoms with Gasteiger partial charge < -0.3 is 4.57 Å². The maximum Gasteiger partial charge on any atom is 0.294 e. The summed E-state index contributed by atoms with van der Waals surface area (Å²) in [5, 5.41) is 11.8. The molecule has 1 aliphatic rings. The molecule has 2 N–H and O–H groups in total. The van der Waals surface area contributed by atoms with Crippen LogP contribution in [0.4, 0.5) is 0 Å². The molecule has 0 bridgehead atoms. The molecule has 0 fully saturated rings. The fourth-order valence-electron chi connectivity index (χ4n) is 2.31. The number of aromatic nitrogens is 3. The topological polar surface area (TPSA) is 83.3 Å². The maximum atomic E-state index is 11.3. The van der Waals surface area contributed by atoms with Crippen molar-refractivity contribution in [1.82, 2.24) is 24.9 Å². The number of carbonyl (C=O) groups is 1. The van der Waals surface area contributed by atoms with Gasteiger partial charge in [-0.05, 0) is 6.92 Å². The number of nitrogens with one attached hydrogen (secondary N) is 1. The van der Waals surface area contributed by atoms with Crippen molar-refractivity contribution in [3.05, 3.63) is 33.8 Å². The van der Waals surface area contributed by atoms with E-state index >= 15 is 0 Å². The molecule has 2 aromatic heterocycles. The van der Waals surface area contributed by atoms with Crippen molar-refractivity contribution in [2.24, 2.45) is 0 Å². The SMILES string of the molecule is Cc1nc(CN2CCn3cc(C(=O)NO)nc3C2)cs1. The number of carbonyl (C=O) groups excluding carboxylic acids is 1. The maximum absolute atomic E-state index is 11.3. The Kier molecular flexibility index (Phi) is 3.51. The molecule has 3 rings (SSSR count). The molecule has 20 heavy (non-hydrogen) atoms. The summed E-state index contributed by atoms with van der Waals surface area (Å²) in [6.45, 7) is 5.13. The third kappa shape index (κ3) is 2.58. The lowest BCUT2D eigenvalue weighted by Gasteiger charge is -2.26. The van der Waals surface area contributed by atoms with Crippen LogP contribution in [0.25, 0.3) is 0 Å². The van der Waals surface area contributed by atoms with Crippen LogP contribution in [0.5, 0.6) is 0 Å². The molecule has 0 aromatic carbocycles. The van der Waals surface area contributed by atoms with Crippen LogP contribution in [0.1, 0.15) is 27.0 Å². The summed E-state index contributed by atoms with van der Waals surface area (Å²) in [4.78, 5) is 22.3. The minimum Gasteiger partial charge on any atom is -0.332 e. The van der Waals surface area contributed by atoms with Gasteiger partial charge in [0, 0.05) is 31.2 Å². The Morgan fingerprint density at radius 3 is 3.05 bits per heavy atom. The van der Waals surface area contributed by atoms with Crippen LogP contribution in [0.2, 0.25) is 0 Å². The van der Waals surface area contributed by atoms with E-state index < -0.39 is 5.91 Å². The quantitative estimate of drug-likeness (QED) is 0.645. The largest absolute Gasteiger partial charge is 0.332 e. The number of amides is 1. The van der Waals surface area contributed by atoms with Crippen LogP contribution >= 0.6 is 11.3 Å². The van der Waals surface area contributed by atoms with Crippen LogP contribution in [0.15, 0.2) is 11.6 Å². The molecule has 0 radical (unpaired) electrons. The lowest BCUT2D eigenvalue weighted by molar-refractivity contribution is 0.0701. The molecule has 0 unspecified atom stereocenters. The molecule has 0 saturated heterocycles. The van der Waals surface area contributed by atoms with Crippen molar-refractivity contribution in [3.63, 3.8) is 0 Å². The first-order valence-electron chi connectivity index (χ1n) is 6.29. The van der Waals surface area contributed by atoms with Gasteiger partial charge in [-0.25, -0.2) is 15.4 Å². The Morgan fingerprint density at radius 2 is 2.35 bits per heavy atom. The highest BCUT2D eigenvalue weighted by molar-refractivity contribution is 7.09. The molecule has 3 heterocycles. The number of hydroxylamine groups is 1. The van der Waals surface area contributed by atoms with Crippen LogP contribution in [-0.4, -0.2) is 37.1 Å². The molecule has 0 spiro atoms. The monoisotopic (exact) mass is 293 g/mol. The number of hydrogen-bond donors (Lipinski definition) is 2. The second-order valence-electron chi connectivity index (χ2n) is 4.75. The van der Waals surface area contributed by atoms with Crippen LogP contribution in [0, 0.1) is 6.92 Å². The molecule has 0 saturated carbocycles. The van der Waals surface area contributed by atoms with E-state index in [1.165, 1.54) is 0 Å². The normalized spacial score (nSPS) is 15.1. The van der Waals surface area contributed by atoms with E-state index in [0.717, 1.165) is 36.2 Å². The second-order valence-corrected chi connectivity index (χ2v) is 5.81. The molecule has 0 aliphatic carbocycles. The van der Waals surface area contributed by atoms with E-state index in [1.54, 1.807) is 23.0 Å². The zero-order valence-corrected chi connectivity index (χ0v) is 11.9. The Morgan fingerprint density at radius 1 is 1.50 bits per heavy atom. The molecule has 1 aliphatic heterocycles. The molecule has 1 amide bonds. The third-order valence-corrected chi connectivity index (χ3v) is 4.09. The Labute approximate surface area is 119 Å². The molecule has 2 aromatic rings. The standard InChI is InChI=1S/C12H15N5O2S/c1-8-13-9(7-20-8)4-16-2-3-17-5-10(12(18)15-19)14-11(17)6-16/h5,7,19H,2-4,6H2,1H3,(H,15,18). The molecular weight excluding hydrogens is 278 g/mol. The van der Waals surface area contributed by atoms with Gasteiger partial charge in [-0.1, -0.05) is 0 Å². The van der Waals surface area contributed by atoms with Gasteiger partial charge in [-0.2, -0.15) is 0 Å². The summed E-state index contributed by atoms with van der Waals surface area (Å²) in [6.07, 6.45) is 1.67. The fourth-order valence-corrected chi connectivity index (χ4v) is 2.92. The number of aryl methyl sites for hydroxylation is 1. The number of rotatable bonds is 3. The number of nitrogens with zero attached hydrogens (tertiary/aromatic N) is 4. The van der Waals surface area contributed by atoms with Crippen molar-refractivity contribution in [1.29, 1.82) is 0 Å². The van der Waals surface area contributed by atoms with Gasteiger partial charge in [0.1, 0.15) is 11.5 Å². The van der Waals surface area contributed by atoms with Gasteiger partial charge in [-0.15, -0.1) is 11.3 Å². The van der Waals surface area contributed by atoms with Crippen molar-refractivity contribution < 1.29 is 10.0 Å². The number of fused-ring (bicyclic) bond motifs is 1. The molecular formula is C12H15N5O2S. The van der Waals surface area contributed by atoms with E-state index in [-0.39, 0.29) is 5.69 Å². The van der Waals surface area contributed by atoms with Gasteiger partial charge in [0.2, 0.25) is 0 Å². The van der Waals surface area contributed by atoms with E-state index in [2.05, 4.69) is 20.2 Å². The Hall–Kier alpha value is -1.77. The average molecular weight is 293 g/mol. The second kappa shape index (κ2) is 5.31. The van der Waals surface area contributed by atoms with Crippen molar-refractivity contribution >= 4 is 17.2 Å². The highest BCUT2D eigenvalue weighted by Crippen LogP contribution is 2.16. The minimum atomic E-state index is -0.575. The molecule has 8 heteroatoms. The highest BCUT2D eigenvalue weighted by atomic mass is 32.1. The summed E-state index contributed by atoms with van der Waals surface area (Å²) in [5.41, 5.74) is 2.92. The van der Waals surface area contributed by atoms with Crippen molar-refractivity contribution in [3.8, 4) is 0 Å². The summed E-state index contributed by atoms with van der Waals surface area (Å²) in [6, 6.07) is 0. The van der Waals surface area contributed by atoms with E-state index in [0.29, 0.717) is 6.54 Å². The predicted octanol–water partition coefficient (Wildman–Crippen LogP) is 0.783. The van der Waals surface area contributed by atoms with Gasteiger partial charge in [0.25, 0.3) is 5.91 Å². The third-order valence-electron chi connectivity index (χ3n) is 3.27. The highest BCUT2D eigenvalue weighted by Gasteiger charge is 2.21. The van der Waals surface area contributed by atoms with Crippen molar-refractivity contribution in [2.45, 2.75) is 26.6 Å². The first-order chi connectivity index (χ1) is 9.65. The number of imidazole rings is 1. The zero-order valence-electron chi connectivity index (χ0n) is 11.0.